The van der Waals surface area contributed by atoms with E-state index in [0.29, 0.717) is 18.4 Å². The van der Waals surface area contributed by atoms with Crippen molar-refractivity contribution in [3.05, 3.63) is 47.8 Å². The molecule has 0 spiro atoms. The Morgan fingerprint density at radius 2 is 2.06 bits per heavy atom. The van der Waals surface area contributed by atoms with Crippen LogP contribution in [0, 0.1) is 0 Å². The molecule has 4 nitrogen and oxygen atoms in total. The Morgan fingerprint density at radius 1 is 1.28 bits per heavy atom. The third kappa shape index (κ3) is 2.90. The van der Waals surface area contributed by atoms with Crippen LogP contribution in [-0.2, 0) is 13.2 Å². The Morgan fingerprint density at radius 3 is 2.72 bits per heavy atom. The fourth-order valence-corrected chi connectivity index (χ4v) is 1.67. The lowest BCUT2D eigenvalue weighted by atomic mass is 10.2. The van der Waals surface area contributed by atoms with E-state index >= 15 is 0 Å². The smallest absolute Gasteiger partial charge is 0.132 e. The average molecular weight is 246 g/mol. The molecule has 0 bridgehead atoms. The maximum atomic E-state index is 9.19. The van der Waals surface area contributed by atoms with Crippen LogP contribution in [0.25, 0.3) is 0 Å². The molecular weight excluding hydrogens is 228 g/mol. The van der Waals surface area contributed by atoms with Gasteiger partial charge in [0.25, 0.3) is 0 Å². The summed E-state index contributed by atoms with van der Waals surface area (Å²) in [5, 5.41) is 13.6. The first-order chi connectivity index (χ1) is 8.70. The van der Waals surface area contributed by atoms with Crippen LogP contribution in [0.3, 0.4) is 0 Å². The summed E-state index contributed by atoms with van der Waals surface area (Å²) < 4.78 is 7.57. The Bertz CT molecular complexity index is 506. The number of benzene rings is 1. The van der Waals surface area contributed by atoms with Crippen molar-refractivity contribution in [2.24, 2.45) is 0 Å². The topological polar surface area (TPSA) is 47.3 Å². The van der Waals surface area contributed by atoms with E-state index in [0.717, 1.165) is 11.3 Å². The van der Waals surface area contributed by atoms with Crippen molar-refractivity contribution in [3.63, 3.8) is 0 Å². The molecular formula is C14H18N2O2. The minimum absolute atomic E-state index is 0.0173. The van der Waals surface area contributed by atoms with Crippen LogP contribution < -0.4 is 4.74 Å². The van der Waals surface area contributed by atoms with E-state index in [1.54, 1.807) is 0 Å². The van der Waals surface area contributed by atoms with Crippen LogP contribution in [0.5, 0.6) is 5.75 Å². The zero-order chi connectivity index (χ0) is 13.0. The van der Waals surface area contributed by atoms with Gasteiger partial charge in [0.15, 0.2) is 0 Å². The zero-order valence-electron chi connectivity index (χ0n) is 10.7. The van der Waals surface area contributed by atoms with Gasteiger partial charge in [-0.05, 0) is 26.0 Å². The van der Waals surface area contributed by atoms with E-state index in [2.05, 4.69) is 18.9 Å². The lowest BCUT2D eigenvalue weighted by molar-refractivity contribution is 0.257. The van der Waals surface area contributed by atoms with Gasteiger partial charge in [-0.15, -0.1) is 0 Å². The highest BCUT2D eigenvalue weighted by molar-refractivity contribution is 5.32. The highest BCUT2D eigenvalue weighted by Gasteiger charge is 2.05. The second-order valence-electron chi connectivity index (χ2n) is 4.44. The molecule has 1 heterocycles. The summed E-state index contributed by atoms with van der Waals surface area (Å²) in [5.74, 6) is 0.707. The predicted molar refractivity (Wildman–Crippen MR) is 69.3 cm³/mol. The number of ether oxygens (including phenoxy) is 1. The van der Waals surface area contributed by atoms with Gasteiger partial charge in [0.05, 0.1) is 12.3 Å². The molecule has 2 rings (SSSR count). The SMILES string of the molecule is CC(C)n1ccc(COc2ccccc2CO)n1. The molecule has 0 aliphatic heterocycles. The normalized spacial score (nSPS) is 10.9. The Labute approximate surface area is 107 Å². The van der Waals surface area contributed by atoms with Crippen LogP contribution in [0.4, 0.5) is 0 Å². The van der Waals surface area contributed by atoms with E-state index in [9.17, 15) is 5.11 Å². The van der Waals surface area contributed by atoms with Crippen molar-refractivity contribution in [1.82, 2.24) is 9.78 Å². The number of aliphatic hydroxyl groups is 1. The number of hydrogen-bond acceptors (Lipinski definition) is 3. The molecule has 1 N–H and O–H groups in total. The summed E-state index contributed by atoms with van der Waals surface area (Å²) in [6.45, 7) is 4.56. The van der Waals surface area contributed by atoms with Crippen LogP contribution in [0.1, 0.15) is 31.1 Å². The molecule has 96 valence electrons. The van der Waals surface area contributed by atoms with Crippen LogP contribution >= 0.6 is 0 Å². The van der Waals surface area contributed by atoms with Gasteiger partial charge < -0.3 is 9.84 Å². The largest absolute Gasteiger partial charge is 0.487 e. The minimum Gasteiger partial charge on any atom is -0.487 e. The molecule has 0 atom stereocenters. The highest BCUT2D eigenvalue weighted by atomic mass is 16.5. The molecule has 0 aliphatic rings. The van der Waals surface area contributed by atoms with Gasteiger partial charge in [-0.2, -0.15) is 5.10 Å². The van der Waals surface area contributed by atoms with Gasteiger partial charge in [-0.1, -0.05) is 18.2 Å². The molecule has 4 heteroatoms. The summed E-state index contributed by atoms with van der Waals surface area (Å²) in [4.78, 5) is 0. The number of para-hydroxylation sites is 1. The molecule has 18 heavy (non-hydrogen) atoms. The standard InChI is InChI=1S/C14H18N2O2/c1-11(2)16-8-7-13(15-16)10-18-14-6-4-3-5-12(14)9-17/h3-8,11,17H,9-10H2,1-2H3. The lowest BCUT2D eigenvalue weighted by Gasteiger charge is -2.08. The number of rotatable bonds is 5. The van der Waals surface area contributed by atoms with E-state index < -0.39 is 0 Å². The quantitative estimate of drug-likeness (QED) is 0.882. The van der Waals surface area contributed by atoms with E-state index in [1.165, 1.54) is 0 Å². The minimum atomic E-state index is -0.0173. The second kappa shape index (κ2) is 5.69. The first-order valence-corrected chi connectivity index (χ1v) is 6.06. The number of hydrogen-bond donors (Lipinski definition) is 1. The molecule has 0 fully saturated rings. The van der Waals surface area contributed by atoms with Gasteiger partial charge in [0.2, 0.25) is 0 Å². The predicted octanol–water partition coefficient (Wildman–Crippen LogP) is 2.54. The molecule has 0 amide bonds. The number of aliphatic hydroxyl groups excluding tert-OH is 1. The van der Waals surface area contributed by atoms with Crippen molar-refractivity contribution < 1.29 is 9.84 Å². The van der Waals surface area contributed by atoms with Gasteiger partial charge in [-0.3, -0.25) is 4.68 Å². The van der Waals surface area contributed by atoms with Gasteiger partial charge in [0.1, 0.15) is 12.4 Å². The van der Waals surface area contributed by atoms with E-state index in [4.69, 9.17) is 4.74 Å². The molecule has 0 saturated heterocycles. The monoisotopic (exact) mass is 246 g/mol. The highest BCUT2D eigenvalue weighted by Crippen LogP contribution is 2.19. The van der Waals surface area contributed by atoms with E-state index in [-0.39, 0.29) is 6.61 Å². The molecule has 1 aromatic heterocycles. The summed E-state index contributed by atoms with van der Waals surface area (Å²) in [6, 6.07) is 9.77. The van der Waals surface area contributed by atoms with Crippen molar-refractivity contribution >= 4 is 0 Å². The second-order valence-corrected chi connectivity index (χ2v) is 4.44. The van der Waals surface area contributed by atoms with Crippen LogP contribution in [0.15, 0.2) is 36.5 Å². The van der Waals surface area contributed by atoms with Crippen LogP contribution in [0.2, 0.25) is 0 Å². The molecule has 1 aromatic carbocycles. The van der Waals surface area contributed by atoms with Crippen molar-refractivity contribution in [2.45, 2.75) is 33.1 Å². The summed E-state index contributed by atoms with van der Waals surface area (Å²) in [6.07, 6.45) is 1.95. The fourth-order valence-electron chi connectivity index (χ4n) is 1.67. The molecule has 0 aliphatic carbocycles. The Kier molecular flexibility index (Phi) is 3.99. The van der Waals surface area contributed by atoms with E-state index in [1.807, 2.05) is 41.2 Å². The summed E-state index contributed by atoms with van der Waals surface area (Å²) in [7, 11) is 0. The summed E-state index contributed by atoms with van der Waals surface area (Å²) in [5.41, 5.74) is 1.68. The third-order valence-corrected chi connectivity index (χ3v) is 2.71. The molecule has 0 unspecified atom stereocenters. The van der Waals surface area contributed by atoms with Crippen molar-refractivity contribution in [2.75, 3.05) is 0 Å². The van der Waals surface area contributed by atoms with Gasteiger partial charge >= 0.3 is 0 Å². The maximum absolute atomic E-state index is 9.19. The lowest BCUT2D eigenvalue weighted by Crippen LogP contribution is -2.04. The fraction of sp³-hybridized carbons (Fsp3) is 0.357. The number of aromatic nitrogens is 2. The van der Waals surface area contributed by atoms with Crippen LogP contribution in [-0.4, -0.2) is 14.9 Å². The molecule has 0 saturated carbocycles. The zero-order valence-corrected chi connectivity index (χ0v) is 10.7. The molecule has 2 aromatic rings. The van der Waals surface area contributed by atoms with Gasteiger partial charge in [-0.25, -0.2) is 0 Å². The average Bonchev–Trinajstić information content (AvgIpc) is 2.85. The third-order valence-electron chi connectivity index (χ3n) is 2.71. The van der Waals surface area contributed by atoms with Crippen molar-refractivity contribution in [1.29, 1.82) is 0 Å². The molecule has 0 radical (unpaired) electrons. The van der Waals surface area contributed by atoms with Gasteiger partial charge in [0, 0.05) is 17.8 Å². The van der Waals surface area contributed by atoms with Crippen molar-refractivity contribution in [3.8, 4) is 5.75 Å². The summed E-state index contributed by atoms with van der Waals surface area (Å²) >= 11 is 0. The maximum Gasteiger partial charge on any atom is 0.132 e. The Balaban J connectivity index is 2.02. The first-order valence-electron chi connectivity index (χ1n) is 6.06. The number of nitrogens with zero attached hydrogens (tertiary/aromatic N) is 2. The first kappa shape index (κ1) is 12.6. The Hall–Kier alpha value is -1.81.